The molecule has 0 fully saturated rings. The van der Waals surface area contributed by atoms with Gasteiger partial charge >= 0.3 is 0 Å². The Morgan fingerprint density at radius 2 is 1.24 bits per heavy atom. The fraction of sp³-hybridized carbons (Fsp3) is 0. The van der Waals surface area contributed by atoms with Crippen molar-refractivity contribution >= 4 is 43.5 Å². The van der Waals surface area contributed by atoms with Gasteiger partial charge in [0, 0.05) is 20.1 Å². The summed E-state index contributed by atoms with van der Waals surface area (Å²) in [5.41, 5.74) is 3.38. The molecule has 0 atom stereocenters. The molecule has 1 aromatic heterocycles. The Bertz CT molecular complexity index is 774. The van der Waals surface area contributed by atoms with Crippen molar-refractivity contribution in [2.24, 2.45) is 0 Å². The maximum absolute atomic E-state index is 6.25. The maximum atomic E-state index is 6.25. The summed E-state index contributed by atoms with van der Waals surface area (Å²) >= 11 is 13.1. The summed E-state index contributed by atoms with van der Waals surface area (Å²) in [6.07, 6.45) is 0. The molecule has 0 radical (unpaired) electrons. The van der Waals surface area contributed by atoms with Crippen molar-refractivity contribution in [2.45, 2.75) is 0 Å². The minimum Gasteiger partial charge on any atom is -0.129 e. The highest BCUT2D eigenvalue weighted by molar-refractivity contribution is 9.10. The lowest BCUT2D eigenvalue weighted by atomic mass is 10.0. The average Bonchev–Trinajstić information content (AvgIpc) is 2.49. The summed E-state index contributed by atoms with van der Waals surface area (Å²) in [6.45, 7) is 0. The number of halogens is 3. The molecule has 0 saturated heterocycles. The zero-order chi connectivity index (χ0) is 14.8. The third-order valence-electron chi connectivity index (χ3n) is 2.97. The molecular weight excluding hydrogens is 417 g/mol. The third kappa shape index (κ3) is 3.15. The van der Waals surface area contributed by atoms with E-state index in [-0.39, 0.29) is 0 Å². The number of hydrogen-bond donors (Lipinski definition) is 0. The summed E-state index contributed by atoms with van der Waals surface area (Å²) in [5, 5.41) is 12.1. The van der Waals surface area contributed by atoms with E-state index in [0.717, 1.165) is 25.6 Å². The molecule has 0 unspecified atom stereocenters. The van der Waals surface area contributed by atoms with Crippen LogP contribution >= 0.6 is 43.5 Å². The number of aromatic nitrogens is 3. The molecule has 3 nitrogen and oxygen atoms in total. The molecule has 3 rings (SSSR count). The predicted octanol–water partition coefficient (Wildman–Crippen LogP) is 5.38. The third-order valence-corrected chi connectivity index (χ3v) is 4.29. The minimum absolute atomic E-state index is 0.338. The monoisotopic (exact) mass is 423 g/mol. The Hall–Kier alpha value is -1.30. The molecule has 104 valence electrons. The minimum atomic E-state index is 0.338. The van der Waals surface area contributed by atoms with E-state index in [9.17, 15) is 0 Å². The summed E-state index contributed by atoms with van der Waals surface area (Å²) in [4.78, 5) is 0. The lowest BCUT2D eigenvalue weighted by Gasteiger charge is -2.09. The van der Waals surface area contributed by atoms with Gasteiger partial charge in [-0.15, -0.1) is 10.2 Å². The van der Waals surface area contributed by atoms with Crippen LogP contribution in [0.4, 0.5) is 0 Å². The second-order valence-corrected chi connectivity index (χ2v) is 6.51. The van der Waals surface area contributed by atoms with Crippen molar-refractivity contribution < 1.29 is 0 Å². The van der Waals surface area contributed by atoms with E-state index in [2.05, 4.69) is 47.3 Å². The van der Waals surface area contributed by atoms with Crippen molar-refractivity contribution in [1.82, 2.24) is 15.4 Å². The van der Waals surface area contributed by atoms with Crippen LogP contribution in [0.5, 0.6) is 0 Å². The van der Waals surface area contributed by atoms with Gasteiger partial charge in [-0.1, -0.05) is 67.7 Å². The van der Waals surface area contributed by atoms with Crippen molar-refractivity contribution in [3.8, 4) is 22.4 Å². The molecule has 6 heteroatoms. The van der Waals surface area contributed by atoms with Crippen LogP contribution in [0.2, 0.25) is 5.15 Å². The summed E-state index contributed by atoms with van der Waals surface area (Å²) in [5.74, 6) is 0. The van der Waals surface area contributed by atoms with Crippen LogP contribution in [0.15, 0.2) is 57.5 Å². The molecular formula is C15H8Br2ClN3. The molecule has 1 heterocycles. The number of benzene rings is 2. The van der Waals surface area contributed by atoms with Crippen molar-refractivity contribution in [2.75, 3.05) is 0 Å². The number of nitrogens with zero attached hydrogens (tertiary/aromatic N) is 3. The molecule has 21 heavy (non-hydrogen) atoms. The molecule has 0 aliphatic rings. The first-order chi connectivity index (χ1) is 10.1. The van der Waals surface area contributed by atoms with Gasteiger partial charge in [-0.2, -0.15) is 0 Å². The lowest BCUT2D eigenvalue weighted by molar-refractivity contribution is 0.873. The van der Waals surface area contributed by atoms with E-state index in [1.54, 1.807) is 0 Å². The van der Waals surface area contributed by atoms with E-state index >= 15 is 0 Å². The van der Waals surface area contributed by atoms with E-state index in [0.29, 0.717) is 10.8 Å². The Balaban J connectivity index is 2.20. The largest absolute Gasteiger partial charge is 0.163 e. The second-order valence-electron chi connectivity index (χ2n) is 4.32. The van der Waals surface area contributed by atoms with E-state index < -0.39 is 0 Å². The summed E-state index contributed by atoms with van der Waals surface area (Å²) in [7, 11) is 0. The maximum Gasteiger partial charge on any atom is 0.163 e. The van der Waals surface area contributed by atoms with E-state index in [1.165, 1.54) is 0 Å². The first-order valence-corrected chi connectivity index (χ1v) is 8.02. The van der Waals surface area contributed by atoms with Crippen LogP contribution in [0.3, 0.4) is 0 Å². The quantitative estimate of drug-likeness (QED) is 0.553. The SMILES string of the molecule is Clc1nnnc(-c2ccc(Br)cc2)c1-c1ccc(Br)cc1. The zero-order valence-electron chi connectivity index (χ0n) is 10.6. The molecule has 0 aliphatic carbocycles. The van der Waals surface area contributed by atoms with Gasteiger partial charge in [-0.25, -0.2) is 0 Å². The van der Waals surface area contributed by atoms with Crippen molar-refractivity contribution in [3.05, 3.63) is 62.6 Å². The number of hydrogen-bond acceptors (Lipinski definition) is 3. The first kappa shape index (κ1) is 14.6. The van der Waals surface area contributed by atoms with Crippen LogP contribution in [-0.4, -0.2) is 15.4 Å². The molecule has 0 bridgehead atoms. The van der Waals surface area contributed by atoms with Crippen molar-refractivity contribution in [3.63, 3.8) is 0 Å². The standard InChI is InChI=1S/C15H8Br2ClN3/c16-11-5-1-9(2-6-11)13-14(19-21-20-15(13)18)10-3-7-12(17)8-4-10/h1-8H. The van der Waals surface area contributed by atoms with E-state index in [1.807, 2.05) is 48.5 Å². The smallest absolute Gasteiger partial charge is 0.129 e. The van der Waals surface area contributed by atoms with Crippen LogP contribution in [0.25, 0.3) is 22.4 Å². The normalized spacial score (nSPS) is 10.6. The summed E-state index contributed by atoms with van der Waals surface area (Å²) < 4.78 is 2.01. The van der Waals surface area contributed by atoms with Gasteiger partial charge in [0.2, 0.25) is 0 Å². The Labute approximate surface area is 143 Å². The second kappa shape index (κ2) is 6.22. The van der Waals surface area contributed by atoms with Crippen LogP contribution in [0, 0.1) is 0 Å². The highest BCUT2D eigenvalue weighted by atomic mass is 79.9. The van der Waals surface area contributed by atoms with Crippen LogP contribution < -0.4 is 0 Å². The molecule has 0 N–H and O–H groups in total. The molecule has 0 aliphatic heterocycles. The van der Waals surface area contributed by atoms with Crippen LogP contribution in [-0.2, 0) is 0 Å². The van der Waals surface area contributed by atoms with E-state index in [4.69, 9.17) is 11.6 Å². The lowest BCUT2D eigenvalue weighted by Crippen LogP contribution is -1.97. The van der Waals surface area contributed by atoms with Gasteiger partial charge in [0.15, 0.2) is 5.15 Å². The van der Waals surface area contributed by atoms with Crippen molar-refractivity contribution in [1.29, 1.82) is 0 Å². The van der Waals surface area contributed by atoms with Gasteiger partial charge in [-0.3, -0.25) is 0 Å². The Morgan fingerprint density at radius 3 is 1.81 bits per heavy atom. The van der Waals surface area contributed by atoms with Gasteiger partial charge in [0.25, 0.3) is 0 Å². The molecule has 0 spiro atoms. The highest BCUT2D eigenvalue weighted by Crippen LogP contribution is 2.35. The zero-order valence-corrected chi connectivity index (χ0v) is 14.5. The fourth-order valence-corrected chi connectivity index (χ4v) is 2.75. The first-order valence-electron chi connectivity index (χ1n) is 6.06. The van der Waals surface area contributed by atoms with Gasteiger partial charge < -0.3 is 0 Å². The van der Waals surface area contributed by atoms with Gasteiger partial charge in [-0.05, 0) is 35.0 Å². The van der Waals surface area contributed by atoms with Gasteiger partial charge in [0.1, 0.15) is 5.69 Å². The highest BCUT2D eigenvalue weighted by Gasteiger charge is 2.15. The topological polar surface area (TPSA) is 38.7 Å². The molecule has 3 aromatic rings. The average molecular weight is 426 g/mol. The predicted molar refractivity (Wildman–Crippen MR) is 91.1 cm³/mol. The van der Waals surface area contributed by atoms with Gasteiger partial charge in [0.05, 0.1) is 0 Å². The summed E-state index contributed by atoms with van der Waals surface area (Å²) in [6, 6.07) is 15.7. The van der Waals surface area contributed by atoms with Crippen LogP contribution in [0.1, 0.15) is 0 Å². The fourth-order valence-electron chi connectivity index (χ4n) is 1.99. The number of rotatable bonds is 2. The molecule has 2 aromatic carbocycles. The Kier molecular flexibility index (Phi) is 4.33. The molecule has 0 saturated carbocycles. The Morgan fingerprint density at radius 1 is 0.714 bits per heavy atom. The molecule has 0 amide bonds.